The molecule has 0 saturated heterocycles. The van der Waals surface area contributed by atoms with Gasteiger partial charge in [0.2, 0.25) is 0 Å². The molecule has 0 N–H and O–H groups in total. The molecule has 1 atom stereocenters. The summed E-state index contributed by atoms with van der Waals surface area (Å²) in [4.78, 5) is 12.5. The molecule has 0 fully saturated rings. The molecule has 0 heterocycles. The van der Waals surface area contributed by atoms with E-state index < -0.39 is 0 Å². The second-order valence-corrected chi connectivity index (χ2v) is 6.16. The number of aryl methyl sites for hydroxylation is 3. The van der Waals surface area contributed by atoms with Crippen molar-refractivity contribution in [3.8, 4) is 0 Å². The van der Waals surface area contributed by atoms with E-state index in [2.05, 4.69) is 55.5 Å². The highest BCUT2D eigenvalue weighted by Gasteiger charge is 2.23. The number of Topliss-reactive ketones (excluding diaryl/α,β-unsaturated/α-hetero) is 1. The van der Waals surface area contributed by atoms with E-state index in [-0.39, 0.29) is 5.92 Å². The lowest BCUT2D eigenvalue weighted by Crippen LogP contribution is -2.23. The van der Waals surface area contributed by atoms with Crippen LogP contribution in [-0.4, -0.2) is 5.78 Å². The smallest absolute Gasteiger partial charge is 0.136 e. The quantitative estimate of drug-likeness (QED) is 0.815. The molecule has 21 heavy (non-hydrogen) atoms. The zero-order chi connectivity index (χ0) is 14.7. The van der Waals surface area contributed by atoms with Gasteiger partial charge in [-0.2, -0.15) is 0 Å². The fourth-order valence-corrected chi connectivity index (χ4v) is 3.31. The number of fused-ring (bicyclic) bond motifs is 1. The highest BCUT2D eigenvalue weighted by molar-refractivity contribution is 5.81. The van der Waals surface area contributed by atoms with Gasteiger partial charge in [-0.15, -0.1) is 0 Å². The van der Waals surface area contributed by atoms with Gasteiger partial charge in [-0.05, 0) is 49.3 Å². The van der Waals surface area contributed by atoms with E-state index in [0.717, 1.165) is 25.7 Å². The van der Waals surface area contributed by atoms with Crippen LogP contribution in [0.5, 0.6) is 0 Å². The lowest BCUT2D eigenvalue weighted by Gasteiger charge is -2.23. The maximum atomic E-state index is 12.5. The largest absolute Gasteiger partial charge is 0.299 e. The first-order chi connectivity index (χ1) is 10.2. The fourth-order valence-electron chi connectivity index (χ4n) is 3.31. The van der Waals surface area contributed by atoms with Gasteiger partial charge in [-0.25, -0.2) is 0 Å². The first-order valence-corrected chi connectivity index (χ1v) is 7.87. The van der Waals surface area contributed by atoms with E-state index in [9.17, 15) is 4.79 Å². The van der Waals surface area contributed by atoms with E-state index in [0.29, 0.717) is 12.2 Å². The molecule has 0 saturated carbocycles. The van der Waals surface area contributed by atoms with Gasteiger partial charge in [-0.3, -0.25) is 4.79 Å². The Morgan fingerprint density at radius 2 is 1.90 bits per heavy atom. The monoisotopic (exact) mass is 278 g/mol. The number of benzene rings is 2. The zero-order valence-electron chi connectivity index (χ0n) is 12.6. The van der Waals surface area contributed by atoms with Gasteiger partial charge in [0.15, 0.2) is 0 Å². The number of carbonyl (C=O) groups is 1. The molecule has 1 aliphatic carbocycles. The number of carbonyl (C=O) groups excluding carboxylic acids is 1. The minimum Gasteiger partial charge on any atom is -0.299 e. The third-order valence-electron chi connectivity index (χ3n) is 4.54. The van der Waals surface area contributed by atoms with Gasteiger partial charge in [-0.1, -0.05) is 54.1 Å². The number of rotatable bonds is 4. The van der Waals surface area contributed by atoms with Crippen LogP contribution >= 0.6 is 0 Å². The maximum absolute atomic E-state index is 12.5. The minimum atomic E-state index is 0.227. The Morgan fingerprint density at radius 3 is 2.71 bits per heavy atom. The van der Waals surface area contributed by atoms with Crippen molar-refractivity contribution >= 4 is 5.78 Å². The van der Waals surface area contributed by atoms with Crippen LogP contribution in [0.4, 0.5) is 0 Å². The Hall–Kier alpha value is -1.89. The van der Waals surface area contributed by atoms with Crippen LogP contribution in [0.3, 0.4) is 0 Å². The molecule has 1 heteroatoms. The second kappa shape index (κ2) is 6.26. The summed E-state index contributed by atoms with van der Waals surface area (Å²) in [6, 6.07) is 17.0. The third-order valence-corrected chi connectivity index (χ3v) is 4.54. The summed E-state index contributed by atoms with van der Waals surface area (Å²) in [5.74, 6) is 0.663. The van der Waals surface area contributed by atoms with Crippen LogP contribution in [0.1, 0.15) is 35.1 Å². The molecule has 0 amide bonds. The van der Waals surface area contributed by atoms with E-state index in [1.807, 2.05) is 0 Å². The van der Waals surface area contributed by atoms with Crippen molar-refractivity contribution in [1.29, 1.82) is 0 Å². The van der Waals surface area contributed by atoms with Gasteiger partial charge in [0, 0.05) is 12.3 Å². The van der Waals surface area contributed by atoms with Crippen LogP contribution in [0.2, 0.25) is 0 Å². The zero-order valence-corrected chi connectivity index (χ0v) is 12.6. The number of ketones is 1. The van der Waals surface area contributed by atoms with Crippen molar-refractivity contribution in [1.82, 2.24) is 0 Å². The van der Waals surface area contributed by atoms with Crippen molar-refractivity contribution in [3.05, 3.63) is 70.8 Å². The molecule has 0 spiro atoms. The Labute approximate surface area is 127 Å². The van der Waals surface area contributed by atoms with Crippen molar-refractivity contribution in [3.63, 3.8) is 0 Å². The lowest BCUT2D eigenvalue weighted by atomic mass is 9.80. The minimum absolute atomic E-state index is 0.227. The van der Waals surface area contributed by atoms with Crippen LogP contribution in [0, 0.1) is 12.8 Å². The molecule has 1 nitrogen and oxygen atoms in total. The van der Waals surface area contributed by atoms with Gasteiger partial charge >= 0.3 is 0 Å². The summed E-state index contributed by atoms with van der Waals surface area (Å²) in [5.41, 5.74) is 5.35. The average molecular weight is 278 g/mol. The lowest BCUT2D eigenvalue weighted by molar-refractivity contribution is -0.123. The van der Waals surface area contributed by atoms with Crippen LogP contribution < -0.4 is 0 Å². The normalized spacial score (nSPS) is 17.3. The molecule has 0 bridgehead atoms. The fraction of sp³-hybridized carbons (Fsp3) is 0.350. The van der Waals surface area contributed by atoms with E-state index in [1.165, 1.54) is 22.3 Å². The van der Waals surface area contributed by atoms with Crippen molar-refractivity contribution < 1.29 is 4.79 Å². The maximum Gasteiger partial charge on any atom is 0.136 e. The summed E-state index contributed by atoms with van der Waals surface area (Å²) < 4.78 is 0. The molecule has 0 radical (unpaired) electrons. The molecule has 1 aliphatic rings. The number of hydrogen-bond donors (Lipinski definition) is 0. The van der Waals surface area contributed by atoms with Gasteiger partial charge in [0.1, 0.15) is 5.78 Å². The Morgan fingerprint density at radius 1 is 1.10 bits per heavy atom. The summed E-state index contributed by atoms with van der Waals surface area (Å²) >= 11 is 0. The standard InChI is InChI=1S/C20H22O/c1-15-5-4-6-16(13-15)9-12-20(21)19-11-10-17-7-2-3-8-18(17)14-19/h2-8,13,19H,9-12,14H2,1H3. The molecule has 3 rings (SSSR count). The first-order valence-electron chi connectivity index (χ1n) is 7.87. The predicted molar refractivity (Wildman–Crippen MR) is 86.5 cm³/mol. The third kappa shape index (κ3) is 3.41. The molecule has 2 aromatic carbocycles. The van der Waals surface area contributed by atoms with Crippen LogP contribution in [-0.2, 0) is 24.1 Å². The van der Waals surface area contributed by atoms with Gasteiger partial charge in [0.05, 0.1) is 0 Å². The topological polar surface area (TPSA) is 17.1 Å². The van der Waals surface area contributed by atoms with E-state index >= 15 is 0 Å². The summed E-state index contributed by atoms with van der Waals surface area (Å²) in [6.45, 7) is 2.10. The van der Waals surface area contributed by atoms with Gasteiger partial charge in [0.25, 0.3) is 0 Å². The Kier molecular flexibility index (Phi) is 4.19. The average Bonchev–Trinajstić information content (AvgIpc) is 2.52. The van der Waals surface area contributed by atoms with E-state index in [4.69, 9.17) is 0 Å². The Bertz CT molecular complexity index is 642. The predicted octanol–water partition coefficient (Wildman–Crippen LogP) is 4.30. The first kappa shape index (κ1) is 14.1. The molecular weight excluding hydrogens is 256 g/mol. The molecule has 0 aromatic heterocycles. The van der Waals surface area contributed by atoms with E-state index in [1.54, 1.807) is 0 Å². The molecule has 1 unspecified atom stereocenters. The summed E-state index contributed by atoms with van der Waals surface area (Å²) in [5, 5.41) is 0. The molecule has 2 aromatic rings. The molecule has 108 valence electrons. The highest BCUT2D eigenvalue weighted by atomic mass is 16.1. The summed E-state index contributed by atoms with van der Waals surface area (Å²) in [6.07, 6.45) is 4.55. The van der Waals surface area contributed by atoms with Crippen molar-refractivity contribution in [2.24, 2.45) is 5.92 Å². The number of hydrogen-bond acceptors (Lipinski definition) is 1. The molecule has 0 aliphatic heterocycles. The summed E-state index contributed by atoms with van der Waals surface area (Å²) in [7, 11) is 0. The van der Waals surface area contributed by atoms with Crippen molar-refractivity contribution in [2.45, 2.75) is 39.0 Å². The highest BCUT2D eigenvalue weighted by Crippen LogP contribution is 2.27. The Balaban J connectivity index is 1.59. The van der Waals surface area contributed by atoms with Gasteiger partial charge < -0.3 is 0 Å². The SMILES string of the molecule is Cc1cccc(CCC(=O)C2CCc3ccccc3C2)c1. The second-order valence-electron chi connectivity index (χ2n) is 6.16. The van der Waals surface area contributed by atoms with Crippen LogP contribution in [0.25, 0.3) is 0 Å². The van der Waals surface area contributed by atoms with Crippen molar-refractivity contribution in [2.75, 3.05) is 0 Å². The van der Waals surface area contributed by atoms with Crippen LogP contribution in [0.15, 0.2) is 48.5 Å². The molecular formula is C20H22O.